The van der Waals surface area contributed by atoms with Crippen molar-refractivity contribution >= 4 is 17.5 Å². The summed E-state index contributed by atoms with van der Waals surface area (Å²) in [7, 11) is 0. The summed E-state index contributed by atoms with van der Waals surface area (Å²) in [6.45, 7) is 3.98. The van der Waals surface area contributed by atoms with Gasteiger partial charge in [-0.2, -0.15) is 0 Å². The van der Waals surface area contributed by atoms with Gasteiger partial charge in [-0.25, -0.2) is 0 Å². The highest BCUT2D eigenvalue weighted by Crippen LogP contribution is 2.21. The highest BCUT2D eigenvalue weighted by atomic mass is 35.5. The second kappa shape index (κ2) is 7.69. The minimum Gasteiger partial charge on any atom is -0.489 e. The van der Waals surface area contributed by atoms with E-state index in [0.717, 1.165) is 40.4 Å². The Morgan fingerprint density at radius 1 is 1.21 bits per heavy atom. The van der Waals surface area contributed by atoms with Crippen LogP contribution in [-0.4, -0.2) is 18.5 Å². The summed E-state index contributed by atoms with van der Waals surface area (Å²) in [5.41, 5.74) is 3.31. The molecule has 5 heteroatoms. The second-order valence-electron chi connectivity index (χ2n) is 6.03. The number of carbonyl (C=O) groups is 1. The normalized spacial score (nSPS) is 16.9. The van der Waals surface area contributed by atoms with Crippen LogP contribution < -0.4 is 15.4 Å². The van der Waals surface area contributed by atoms with Crippen LogP contribution in [0.2, 0.25) is 5.02 Å². The number of hydrogen-bond donors (Lipinski definition) is 2. The Kier molecular flexibility index (Phi) is 5.38. The van der Waals surface area contributed by atoms with Crippen molar-refractivity contribution in [2.24, 2.45) is 0 Å². The van der Waals surface area contributed by atoms with Gasteiger partial charge in [-0.1, -0.05) is 35.9 Å². The van der Waals surface area contributed by atoms with E-state index in [1.54, 1.807) is 0 Å². The molecule has 0 radical (unpaired) electrons. The summed E-state index contributed by atoms with van der Waals surface area (Å²) in [5, 5.41) is 6.85. The molecule has 2 aromatic carbocycles. The summed E-state index contributed by atoms with van der Waals surface area (Å²) in [5.74, 6) is 0.960. The monoisotopic (exact) mass is 344 g/mol. The zero-order valence-electron chi connectivity index (χ0n) is 13.6. The van der Waals surface area contributed by atoms with E-state index in [4.69, 9.17) is 16.3 Å². The molecule has 1 atom stereocenters. The maximum absolute atomic E-state index is 11.6. The van der Waals surface area contributed by atoms with Crippen LogP contribution in [-0.2, 0) is 17.9 Å². The number of benzene rings is 2. The topological polar surface area (TPSA) is 50.4 Å². The predicted molar refractivity (Wildman–Crippen MR) is 95.2 cm³/mol. The Bertz CT molecular complexity index is 716. The highest BCUT2D eigenvalue weighted by molar-refractivity contribution is 6.30. The molecule has 24 heavy (non-hydrogen) atoms. The molecule has 1 saturated heterocycles. The van der Waals surface area contributed by atoms with Crippen molar-refractivity contribution < 1.29 is 9.53 Å². The van der Waals surface area contributed by atoms with E-state index in [1.165, 1.54) is 0 Å². The van der Waals surface area contributed by atoms with E-state index in [0.29, 0.717) is 13.2 Å². The van der Waals surface area contributed by atoms with Crippen molar-refractivity contribution in [3.05, 3.63) is 64.2 Å². The van der Waals surface area contributed by atoms with E-state index in [1.807, 2.05) is 43.3 Å². The van der Waals surface area contributed by atoms with E-state index >= 15 is 0 Å². The summed E-state index contributed by atoms with van der Waals surface area (Å²) in [4.78, 5) is 11.6. The molecule has 2 N–H and O–H groups in total. The lowest BCUT2D eigenvalue weighted by Gasteiger charge is -2.13. The number of amides is 1. The third kappa shape index (κ3) is 4.28. The summed E-state index contributed by atoms with van der Waals surface area (Å²) >= 11 is 5.89. The average molecular weight is 345 g/mol. The summed E-state index contributed by atoms with van der Waals surface area (Å²) < 4.78 is 5.89. The Hall–Kier alpha value is -2.04. The van der Waals surface area contributed by atoms with Gasteiger partial charge >= 0.3 is 0 Å². The fourth-order valence-electron chi connectivity index (χ4n) is 2.75. The number of nitrogens with one attached hydrogen (secondary N) is 2. The molecule has 126 valence electrons. The van der Waals surface area contributed by atoms with Gasteiger partial charge in [-0.3, -0.25) is 4.79 Å². The maximum atomic E-state index is 11.6. The van der Waals surface area contributed by atoms with Gasteiger partial charge < -0.3 is 15.4 Å². The van der Waals surface area contributed by atoms with Crippen LogP contribution in [0.5, 0.6) is 5.75 Å². The van der Waals surface area contributed by atoms with E-state index < -0.39 is 0 Å². The van der Waals surface area contributed by atoms with E-state index in [-0.39, 0.29) is 11.9 Å². The van der Waals surface area contributed by atoms with E-state index in [9.17, 15) is 4.79 Å². The van der Waals surface area contributed by atoms with Gasteiger partial charge in [0.05, 0.1) is 6.04 Å². The number of aryl methyl sites for hydroxylation is 1. The summed E-state index contributed by atoms with van der Waals surface area (Å²) in [6.07, 6.45) is 0.847. The number of rotatable bonds is 6. The van der Waals surface area contributed by atoms with Crippen LogP contribution in [0.15, 0.2) is 42.5 Å². The molecule has 1 unspecified atom stereocenters. The molecule has 0 spiro atoms. The lowest BCUT2D eigenvalue weighted by atomic mass is 10.1. The molecule has 0 bridgehead atoms. The Morgan fingerprint density at radius 3 is 2.62 bits per heavy atom. The molecule has 1 fully saturated rings. The number of hydrogen-bond acceptors (Lipinski definition) is 3. The lowest BCUT2D eigenvalue weighted by molar-refractivity contribution is -0.120. The molecule has 2 aromatic rings. The molecule has 0 saturated carbocycles. The van der Waals surface area contributed by atoms with Gasteiger partial charge in [-0.05, 0) is 48.2 Å². The molecule has 1 heterocycles. The zero-order chi connectivity index (χ0) is 16.9. The van der Waals surface area contributed by atoms with Crippen molar-refractivity contribution in [2.45, 2.75) is 32.5 Å². The fourth-order valence-corrected chi connectivity index (χ4v) is 2.88. The first kappa shape index (κ1) is 16.8. The maximum Gasteiger partial charge on any atom is 0.237 e. The first-order valence-electron chi connectivity index (χ1n) is 8.10. The van der Waals surface area contributed by atoms with Crippen LogP contribution in [0.1, 0.15) is 23.1 Å². The minimum absolute atomic E-state index is 0.0777. The van der Waals surface area contributed by atoms with Crippen molar-refractivity contribution in [1.29, 1.82) is 0 Å². The standard InChI is InChI=1S/C19H21ClN2O2/c1-13-10-15(11-22-17-8-9-21-19(17)23)4-7-18(13)24-12-14-2-5-16(20)6-3-14/h2-7,10,17,22H,8-9,11-12H2,1H3,(H,21,23). The van der Waals surface area contributed by atoms with Gasteiger partial charge in [-0.15, -0.1) is 0 Å². The average Bonchev–Trinajstić information content (AvgIpc) is 2.99. The van der Waals surface area contributed by atoms with Crippen molar-refractivity contribution in [3.63, 3.8) is 0 Å². The first-order chi connectivity index (χ1) is 11.6. The number of ether oxygens (including phenoxy) is 1. The third-order valence-corrected chi connectivity index (χ3v) is 4.40. The van der Waals surface area contributed by atoms with Gasteiger partial charge in [0.1, 0.15) is 12.4 Å². The molecule has 1 aliphatic rings. The third-order valence-electron chi connectivity index (χ3n) is 4.15. The van der Waals surface area contributed by atoms with Gasteiger partial charge in [0.15, 0.2) is 0 Å². The molecule has 4 nitrogen and oxygen atoms in total. The van der Waals surface area contributed by atoms with Crippen LogP contribution in [0, 0.1) is 6.92 Å². The van der Waals surface area contributed by atoms with Crippen LogP contribution >= 0.6 is 11.6 Å². The predicted octanol–water partition coefficient (Wildman–Crippen LogP) is 3.21. The Balaban J connectivity index is 1.55. The molecule has 3 rings (SSSR count). The van der Waals surface area contributed by atoms with Crippen molar-refractivity contribution in [3.8, 4) is 5.75 Å². The lowest BCUT2D eigenvalue weighted by Crippen LogP contribution is -2.35. The van der Waals surface area contributed by atoms with Gasteiger partial charge in [0, 0.05) is 18.1 Å². The number of carbonyl (C=O) groups excluding carboxylic acids is 1. The van der Waals surface area contributed by atoms with E-state index in [2.05, 4.69) is 16.7 Å². The highest BCUT2D eigenvalue weighted by Gasteiger charge is 2.22. The van der Waals surface area contributed by atoms with Crippen LogP contribution in [0.4, 0.5) is 0 Å². The molecule has 1 amide bonds. The van der Waals surface area contributed by atoms with Crippen molar-refractivity contribution in [1.82, 2.24) is 10.6 Å². The molecule has 0 aromatic heterocycles. The fraction of sp³-hybridized carbons (Fsp3) is 0.316. The zero-order valence-corrected chi connectivity index (χ0v) is 14.4. The first-order valence-corrected chi connectivity index (χ1v) is 8.47. The molecular formula is C19H21ClN2O2. The Labute approximate surface area is 147 Å². The Morgan fingerprint density at radius 2 is 1.96 bits per heavy atom. The van der Waals surface area contributed by atoms with Crippen LogP contribution in [0.3, 0.4) is 0 Å². The molecular weight excluding hydrogens is 324 g/mol. The molecule has 1 aliphatic heterocycles. The van der Waals surface area contributed by atoms with Crippen molar-refractivity contribution in [2.75, 3.05) is 6.54 Å². The van der Waals surface area contributed by atoms with Crippen LogP contribution in [0.25, 0.3) is 0 Å². The SMILES string of the molecule is Cc1cc(CNC2CCNC2=O)ccc1OCc1ccc(Cl)cc1. The summed E-state index contributed by atoms with van der Waals surface area (Å²) in [6, 6.07) is 13.7. The second-order valence-corrected chi connectivity index (χ2v) is 6.46. The van der Waals surface area contributed by atoms with Gasteiger partial charge in [0.2, 0.25) is 5.91 Å². The number of halogens is 1. The quantitative estimate of drug-likeness (QED) is 0.846. The smallest absolute Gasteiger partial charge is 0.237 e. The minimum atomic E-state index is -0.0777. The van der Waals surface area contributed by atoms with Gasteiger partial charge in [0.25, 0.3) is 0 Å². The largest absolute Gasteiger partial charge is 0.489 e. The molecule has 0 aliphatic carbocycles.